The fraction of sp³-hybridized carbons (Fsp3) is 0.171. The second kappa shape index (κ2) is 15.4. The van der Waals surface area contributed by atoms with Gasteiger partial charge in [-0.15, -0.1) is 5.92 Å². The van der Waals surface area contributed by atoms with Crippen LogP contribution in [0.2, 0.25) is 0 Å². The van der Waals surface area contributed by atoms with E-state index in [-0.39, 0.29) is 27.0 Å². The number of anilines is 1. The number of nitrogens with one attached hydrogen (secondary N) is 1. The summed E-state index contributed by atoms with van der Waals surface area (Å²) in [7, 11) is 0. The van der Waals surface area contributed by atoms with Crippen molar-refractivity contribution in [1.29, 1.82) is 0 Å². The van der Waals surface area contributed by atoms with Gasteiger partial charge in [0.1, 0.15) is 24.4 Å². The molecule has 2 aromatic heterocycles. The molecule has 47 heavy (non-hydrogen) atoms. The number of aromatic nitrogens is 3. The average molecular weight is 747 g/mol. The van der Waals surface area contributed by atoms with Crippen LogP contribution in [0.25, 0.3) is 11.0 Å². The number of fused-ring (bicyclic) bond motifs is 1. The standard InChI is InChI=1S/C35H28FIN4O6/c1-2-12-28(46-34(44)26-17-10-5-11-18-26)35(36,22-37)47-29(21-45-33(43)25-15-8-4-9-16-25)41-20-19-27-30(38-23-39-31(27)41)40-32(42)24-13-6-3-7-14-24/h3-11,13-20,23,28-29H,21-22H2,1H3,(H,38,39,40,42)/t28-,29+,35+/m0/s1. The van der Waals surface area contributed by atoms with Crippen LogP contribution >= 0.6 is 22.6 Å². The molecule has 2 heterocycles. The zero-order valence-corrected chi connectivity index (χ0v) is 27.2. The summed E-state index contributed by atoms with van der Waals surface area (Å²) in [6.45, 7) is 1.02. The van der Waals surface area contributed by atoms with Gasteiger partial charge in [0.25, 0.3) is 11.8 Å². The lowest BCUT2D eigenvalue weighted by molar-refractivity contribution is -0.228. The third-order valence-corrected chi connectivity index (χ3v) is 7.91. The van der Waals surface area contributed by atoms with E-state index in [0.29, 0.717) is 10.9 Å². The summed E-state index contributed by atoms with van der Waals surface area (Å²) in [4.78, 5) is 47.3. The second-order valence-corrected chi connectivity index (χ2v) is 10.8. The van der Waals surface area contributed by atoms with Crippen molar-refractivity contribution < 1.29 is 33.0 Å². The summed E-state index contributed by atoms with van der Waals surface area (Å²) in [6, 6.07) is 26.6. The predicted octanol–water partition coefficient (Wildman–Crippen LogP) is 6.41. The quantitative estimate of drug-likeness (QED) is 0.0674. The first-order valence-electron chi connectivity index (χ1n) is 14.3. The minimum absolute atomic E-state index is 0.203. The molecular formula is C35H28FIN4O6. The number of amides is 1. The number of ether oxygens (including phenoxy) is 3. The van der Waals surface area contributed by atoms with E-state index < -0.39 is 42.6 Å². The Balaban J connectivity index is 1.48. The molecule has 238 valence electrons. The van der Waals surface area contributed by atoms with Crippen LogP contribution in [-0.2, 0) is 14.2 Å². The zero-order valence-electron chi connectivity index (χ0n) is 25.0. The Kier molecular flexibility index (Phi) is 10.9. The summed E-state index contributed by atoms with van der Waals surface area (Å²) in [5.41, 5.74) is 1.16. The van der Waals surface area contributed by atoms with Crippen molar-refractivity contribution in [3.8, 4) is 11.8 Å². The van der Waals surface area contributed by atoms with E-state index in [1.165, 1.54) is 30.0 Å². The minimum atomic E-state index is -2.67. The summed E-state index contributed by atoms with van der Waals surface area (Å²) < 4.78 is 35.2. The highest BCUT2D eigenvalue weighted by molar-refractivity contribution is 14.1. The van der Waals surface area contributed by atoms with Crippen molar-refractivity contribution in [2.45, 2.75) is 25.1 Å². The fourth-order valence-electron chi connectivity index (χ4n) is 4.54. The van der Waals surface area contributed by atoms with Crippen molar-refractivity contribution in [2.24, 2.45) is 0 Å². The van der Waals surface area contributed by atoms with Gasteiger partial charge in [-0.1, -0.05) is 83.1 Å². The van der Waals surface area contributed by atoms with Crippen molar-refractivity contribution >= 4 is 57.3 Å². The van der Waals surface area contributed by atoms with Gasteiger partial charge in [0.15, 0.2) is 6.23 Å². The van der Waals surface area contributed by atoms with Gasteiger partial charge in [-0.05, 0) is 49.4 Å². The number of esters is 2. The highest BCUT2D eigenvalue weighted by atomic mass is 127. The maximum atomic E-state index is 16.9. The molecule has 0 saturated carbocycles. The van der Waals surface area contributed by atoms with Crippen molar-refractivity contribution in [3.05, 3.63) is 126 Å². The molecule has 0 saturated heterocycles. The zero-order chi connectivity index (χ0) is 33.2. The third-order valence-electron chi connectivity index (χ3n) is 6.87. The SMILES string of the molecule is CC#C[C@H](OC(=O)c1ccccc1)[C@@](F)(CI)O[C@H](COC(=O)c1ccccc1)n1ccc2c(NC(=O)c3ccccc3)ncnc21. The Morgan fingerprint density at radius 1 is 0.894 bits per heavy atom. The molecule has 0 radical (unpaired) electrons. The number of alkyl halides is 2. The Hall–Kier alpha value is -5.13. The topological polar surface area (TPSA) is 122 Å². The molecule has 0 aliphatic rings. The van der Waals surface area contributed by atoms with Gasteiger partial charge in [-0.2, -0.15) is 0 Å². The lowest BCUT2D eigenvalue weighted by atomic mass is 10.1. The Bertz CT molecular complexity index is 1910. The second-order valence-electron chi connectivity index (χ2n) is 10.0. The van der Waals surface area contributed by atoms with Gasteiger partial charge in [-0.25, -0.2) is 23.9 Å². The van der Waals surface area contributed by atoms with E-state index in [1.807, 2.05) is 0 Å². The number of rotatable bonds is 12. The molecule has 5 aromatic rings. The number of halogens is 2. The van der Waals surface area contributed by atoms with Gasteiger partial charge in [0.2, 0.25) is 6.10 Å². The van der Waals surface area contributed by atoms with Crippen LogP contribution in [0.15, 0.2) is 110 Å². The first-order valence-corrected chi connectivity index (χ1v) is 15.9. The molecule has 0 aliphatic carbocycles. The average Bonchev–Trinajstić information content (AvgIpc) is 3.56. The molecule has 1 N–H and O–H groups in total. The van der Waals surface area contributed by atoms with Crippen LogP contribution in [0.4, 0.5) is 10.2 Å². The molecule has 5 rings (SSSR count). The van der Waals surface area contributed by atoms with Gasteiger partial charge in [-0.3, -0.25) is 4.79 Å². The Morgan fingerprint density at radius 3 is 2.09 bits per heavy atom. The number of carbonyl (C=O) groups excluding carboxylic acids is 3. The lowest BCUT2D eigenvalue weighted by Gasteiger charge is -2.33. The van der Waals surface area contributed by atoms with Crippen molar-refractivity contribution in [1.82, 2.24) is 14.5 Å². The van der Waals surface area contributed by atoms with Crippen molar-refractivity contribution in [3.63, 3.8) is 0 Å². The van der Waals surface area contributed by atoms with E-state index in [1.54, 1.807) is 114 Å². The van der Waals surface area contributed by atoms with Crippen LogP contribution < -0.4 is 5.32 Å². The molecule has 0 aliphatic heterocycles. The smallest absolute Gasteiger partial charge is 0.339 e. The van der Waals surface area contributed by atoms with Crippen molar-refractivity contribution in [2.75, 3.05) is 16.4 Å². The predicted molar refractivity (Wildman–Crippen MR) is 181 cm³/mol. The van der Waals surface area contributed by atoms with Crippen LogP contribution in [0.3, 0.4) is 0 Å². The molecular weight excluding hydrogens is 718 g/mol. The molecule has 0 fully saturated rings. The monoisotopic (exact) mass is 746 g/mol. The molecule has 3 aromatic carbocycles. The van der Waals surface area contributed by atoms with E-state index >= 15 is 4.39 Å². The highest BCUT2D eigenvalue weighted by Gasteiger charge is 2.45. The molecule has 0 bridgehead atoms. The first-order chi connectivity index (χ1) is 22.8. The molecule has 10 nitrogen and oxygen atoms in total. The third kappa shape index (κ3) is 8.00. The summed E-state index contributed by atoms with van der Waals surface area (Å²) >= 11 is 1.78. The molecule has 12 heteroatoms. The molecule has 0 spiro atoms. The van der Waals surface area contributed by atoms with Crippen LogP contribution in [0.5, 0.6) is 0 Å². The van der Waals surface area contributed by atoms with E-state index in [2.05, 4.69) is 27.1 Å². The van der Waals surface area contributed by atoms with Gasteiger partial charge in [0.05, 0.1) is 20.9 Å². The van der Waals surface area contributed by atoms with Gasteiger partial charge in [0, 0.05) is 11.8 Å². The first kappa shape index (κ1) is 33.2. The number of benzene rings is 3. The maximum absolute atomic E-state index is 16.9. The number of hydrogen-bond donors (Lipinski definition) is 1. The maximum Gasteiger partial charge on any atom is 0.339 e. The molecule has 0 unspecified atom stereocenters. The van der Waals surface area contributed by atoms with Crippen LogP contribution in [0, 0.1) is 11.8 Å². The molecule has 1 amide bonds. The Morgan fingerprint density at radius 2 is 1.49 bits per heavy atom. The Labute approximate surface area is 283 Å². The highest BCUT2D eigenvalue weighted by Crippen LogP contribution is 2.33. The fourth-order valence-corrected chi connectivity index (χ4v) is 5.12. The summed E-state index contributed by atoms with van der Waals surface area (Å²) in [6.07, 6.45) is -0.200. The minimum Gasteiger partial charge on any atom is -0.457 e. The van der Waals surface area contributed by atoms with E-state index in [0.717, 1.165) is 0 Å². The van der Waals surface area contributed by atoms with E-state index in [9.17, 15) is 14.4 Å². The molecule has 3 atom stereocenters. The van der Waals surface area contributed by atoms with Gasteiger partial charge < -0.3 is 24.1 Å². The number of carbonyl (C=O) groups is 3. The normalized spacial score (nSPS) is 13.3. The van der Waals surface area contributed by atoms with Crippen LogP contribution in [-0.4, -0.2) is 55.4 Å². The largest absolute Gasteiger partial charge is 0.457 e. The number of hydrogen-bond acceptors (Lipinski definition) is 8. The summed E-state index contributed by atoms with van der Waals surface area (Å²) in [5.74, 6) is 0.899. The number of nitrogens with zero attached hydrogens (tertiary/aromatic N) is 3. The van der Waals surface area contributed by atoms with Gasteiger partial charge >= 0.3 is 11.9 Å². The lowest BCUT2D eigenvalue weighted by Crippen LogP contribution is -2.46. The summed E-state index contributed by atoms with van der Waals surface area (Å²) in [5, 5.41) is 3.19. The van der Waals surface area contributed by atoms with Crippen LogP contribution in [0.1, 0.15) is 44.2 Å². The van der Waals surface area contributed by atoms with E-state index in [4.69, 9.17) is 14.2 Å².